The molecule has 0 atom stereocenters. The minimum absolute atomic E-state index is 0.0207. The standard InChI is InChI=1S/C12H12N3O6P/c1-7-9(11(21-15-7)8-5-4-6-20-8)10(16)12(14-13)22(17,18-2)19-3/h4-6H,1-3H3. The Labute approximate surface area is 125 Å². The van der Waals surface area contributed by atoms with Crippen molar-refractivity contribution in [2.75, 3.05) is 14.2 Å². The first-order chi connectivity index (χ1) is 10.5. The van der Waals surface area contributed by atoms with Gasteiger partial charge in [-0.25, -0.2) is 4.57 Å². The lowest BCUT2D eigenvalue weighted by molar-refractivity contribution is -0.00425. The zero-order valence-corrected chi connectivity index (χ0v) is 12.9. The fraction of sp³-hybridized carbons (Fsp3) is 0.250. The number of hydrogen-bond acceptors (Lipinski definition) is 7. The van der Waals surface area contributed by atoms with Gasteiger partial charge in [-0.3, -0.25) is 4.79 Å². The predicted molar refractivity (Wildman–Crippen MR) is 73.5 cm³/mol. The molecule has 0 unspecified atom stereocenters. The summed E-state index contributed by atoms with van der Waals surface area (Å²) in [5.74, 6) is -0.641. The molecule has 10 heteroatoms. The van der Waals surface area contributed by atoms with E-state index in [4.69, 9.17) is 14.5 Å². The molecule has 0 aliphatic heterocycles. The molecule has 0 amide bonds. The van der Waals surface area contributed by atoms with Crippen LogP contribution in [0.15, 0.2) is 27.3 Å². The lowest BCUT2D eigenvalue weighted by Gasteiger charge is -2.07. The van der Waals surface area contributed by atoms with E-state index >= 15 is 0 Å². The molecule has 0 fully saturated rings. The van der Waals surface area contributed by atoms with E-state index in [0.29, 0.717) is 0 Å². The molecule has 0 bridgehead atoms. The van der Waals surface area contributed by atoms with Crippen molar-refractivity contribution in [3.05, 3.63) is 35.2 Å². The third-order valence-corrected chi connectivity index (χ3v) is 4.65. The van der Waals surface area contributed by atoms with Crippen molar-refractivity contribution in [1.29, 1.82) is 0 Å². The van der Waals surface area contributed by atoms with E-state index in [-0.39, 0.29) is 22.8 Å². The molecule has 0 spiro atoms. The van der Waals surface area contributed by atoms with Crippen molar-refractivity contribution in [3.63, 3.8) is 0 Å². The molecule has 2 heterocycles. The van der Waals surface area contributed by atoms with Crippen molar-refractivity contribution < 1.29 is 32.1 Å². The van der Waals surface area contributed by atoms with Gasteiger partial charge >= 0.3 is 13.0 Å². The Morgan fingerprint density at radius 1 is 1.41 bits per heavy atom. The molecule has 2 aromatic heterocycles. The third-order valence-electron chi connectivity index (χ3n) is 2.87. The Hall–Kier alpha value is -2.31. The van der Waals surface area contributed by atoms with E-state index in [1.165, 1.54) is 13.2 Å². The van der Waals surface area contributed by atoms with E-state index in [9.17, 15) is 9.36 Å². The molecule has 116 valence electrons. The van der Waals surface area contributed by atoms with Crippen molar-refractivity contribution >= 4 is 18.8 Å². The van der Waals surface area contributed by atoms with Crippen molar-refractivity contribution in [3.8, 4) is 11.5 Å². The fourth-order valence-corrected chi connectivity index (χ4v) is 2.76. The van der Waals surface area contributed by atoms with E-state index in [2.05, 4.69) is 19.0 Å². The monoisotopic (exact) mass is 325 g/mol. The molecule has 0 saturated heterocycles. The van der Waals surface area contributed by atoms with E-state index in [0.717, 1.165) is 14.2 Å². The second-order valence-electron chi connectivity index (χ2n) is 4.06. The predicted octanol–water partition coefficient (Wildman–Crippen LogP) is 2.54. The average molecular weight is 325 g/mol. The van der Waals surface area contributed by atoms with Crippen molar-refractivity contribution in [2.45, 2.75) is 6.92 Å². The Kier molecular flexibility index (Phi) is 4.54. The molecule has 9 nitrogen and oxygen atoms in total. The Morgan fingerprint density at radius 2 is 2.09 bits per heavy atom. The molecule has 2 aromatic rings. The maximum atomic E-state index is 12.6. The first-order valence-corrected chi connectivity index (χ1v) is 7.51. The van der Waals surface area contributed by atoms with Crippen LogP contribution in [0, 0.1) is 6.92 Å². The van der Waals surface area contributed by atoms with Crippen LogP contribution in [0.25, 0.3) is 17.1 Å². The second kappa shape index (κ2) is 6.21. The second-order valence-corrected chi connectivity index (χ2v) is 6.21. The quantitative estimate of drug-likeness (QED) is 0.262. The van der Waals surface area contributed by atoms with Gasteiger partial charge in [0.2, 0.25) is 5.76 Å². The number of aromatic nitrogens is 1. The molecule has 0 aliphatic rings. The number of nitrogens with zero attached hydrogens (tertiary/aromatic N) is 3. The van der Waals surface area contributed by atoms with Crippen LogP contribution in [0.3, 0.4) is 0 Å². The number of carbonyl (C=O) groups excluding carboxylic acids is 1. The van der Waals surface area contributed by atoms with Crippen LogP contribution in [0.4, 0.5) is 0 Å². The lowest BCUT2D eigenvalue weighted by Crippen LogP contribution is -2.19. The normalized spacial score (nSPS) is 11.2. The number of ketones is 1. The summed E-state index contributed by atoms with van der Waals surface area (Å²) in [5.41, 5.74) is 8.43. The van der Waals surface area contributed by atoms with Gasteiger partial charge in [0.15, 0.2) is 5.76 Å². The van der Waals surface area contributed by atoms with Crippen LogP contribution >= 0.6 is 7.60 Å². The molecular weight excluding hydrogens is 313 g/mol. The average Bonchev–Trinajstić information content (AvgIpc) is 3.16. The Balaban J connectivity index is 2.58. The summed E-state index contributed by atoms with van der Waals surface area (Å²) in [6, 6.07) is 3.15. The minimum atomic E-state index is -4.05. The summed E-state index contributed by atoms with van der Waals surface area (Å²) >= 11 is 0. The number of Topliss-reactive ketones (excluding diaryl/α,β-unsaturated/α-hetero) is 1. The van der Waals surface area contributed by atoms with Crippen LogP contribution in [-0.2, 0) is 13.6 Å². The van der Waals surface area contributed by atoms with Gasteiger partial charge in [0.05, 0.1) is 12.0 Å². The van der Waals surface area contributed by atoms with Crippen molar-refractivity contribution in [1.82, 2.24) is 5.16 Å². The molecule has 0 aromatic carbocycles. The minimum Gasteiger partial charge on any atom is -0.461 e. The highest BCUT2D eigenvalue weighted by atomic mass is 31.2. The van der Waals surface area contributed by atoms with Gasteiger partial charge in [0.25, 0.3) is 5.78 Å². The van der Waals surface area contributed by atoms with E-state index in [1.54, 1.807) is 12.1 Å². The summed E-state index contributed by atoms with van der Waals surface area (Å²) in [7, 11) is -1.92. The third kappa shape index (κ3) is 2.58. The number of hydrogen-bond donors (Lipinski definition) is 0. The topological polar surface area (TPSA) is 128 Å². The highest BCUT2D eigenvalue weighted by Crippen LogP contribution is 2.48. The molecular formula is C12H12N3O6P. The highest BCUT2D eigenvalue weighted by Gasteiger charge is 2.47. The van der Waals surface area contributed by atoms with Crippen LogP contribution in [-0.4, -0.2) is 35.4 Å². The van der Waals surface area contributed by atoms with Gasteiger partial charge < -0.3 is 23.5 Å². The summed E-state index contributed by atoms with van der Waals surface area (Å²) < 4.78 is 31.9. The van der Waals surface area contributed by atoms with Gasteiger partial charge in [0, 0.05) is 14.2 Å². The molecule has 22 heavy (non-hydrogen) atoms. The van der Waals surface area contributed by atoms with Crippen LogP contribution < -0.4 is 0 Å². The summed E-state index contributed by atoms with van der Waals surface area (Å²) in [4.78, 5) is 15.3. The highest BCUT2D eigenvalue weighted by molar-refractivity contribution is 7.75. The Morgan fingerprint density at radius 3 is 2.59 bits per heavy atom. The first-order valence-electron chi connectivity index (χ1n) is 5.97. The molecule has 0 N–H and O–H groups in total. The molecule has 0 saturated carbocycles. The zero-order chi connectivity index (χ0) is 16.3. The first kappa shape index (κ1) is 16.1. The molecule has 0 radical (unpaired) electrons. The van der Waals surface area contributed by atoms with E-state index < -0.39 is 18.8 Å². The van der Waals surface area contributed by atoms with Gasteiger partial charge in [-0.05, 0) is 19.1 Å². The molecule has 0 aliphatic carbocycles. The van der Waals surface area contributed by atoms with Gasteiger partial charge in [-0.1, -0.05) is 5.16 Å². The number of aryl methyl sites for hydroxylation is 1. The maximum Gasteiger partial charge on any atom is 0.449 e. The largest absolute Gasteiger partial charge is 0.461 e. The number of rotatable bonds is 6. The fourth-order valence-electron chi connectivity index (χ4n) is 1.80. The lowest BCUT2D eigenvalue weighted by atomic mass is 10.1. The zero-order valence-electron chi connectivity index (χ0n) is 12.0. The van der Waals surface area contributed by atoms with Gasteiger partial charge in [-0.2, -0.15) is 4.79 Å². The summed E-state index contributed by atoms with van der Waals surface area (Å²) in [6.45, 7) is 1.50. The summed E-state index contributed by atoms with van der Waals surface area (Å²) in [6.07, 6.45) is 1.39. The maximum absolute atomic E-state index is 12.6. The smallest absolute Gasteiger partial charge is 0.449 e. The Bertz CT molecular complexity index is 780. The van der Waals surface area contributed by atoms with Crippen molar-refractivity contribution in [2.24, 2.45) is 0 Å². The van der Waals surface area contributed by atoms with Crippen LogP contribution in [0.1, 0.15) is 16.1 Å². The van der Waals surface area contributed by atoms with E-state index in [1.807, 2.05) is 0 Å². The number of furan rings is 1. The van der Waals surface area contributed by atoms with Gasteiger partial charge in [-0.15, -0.1) is 0 Å². The number of carbonyl (C=O) groups is 1. The van der Waals surface area contributed by atoms with Crippen LogP contribution in [0.5, 0.6) is 0 Å². The SMILES string of the molecule is COP(=O)(OC)C(=[N+]=[N-])C(=O)c1c(C)noc1-c1ccco1. The summed E-state index contributed by atoms with van der Waals surface area (Å²) in [5, 5.41) is 3.68. The van der Waals surface area contributed by atoms with Crippen LogP contribution in [0.2, 0.25) is 0 Å². The molecule has 2 rings (SSSR count). The van der Waals surface area contributed by atoms with Gasteiger partial charge in [0.1, 0.15) is 5.56 Å².